The summed E-state index contributed by atoms with van der Waals surface area (Å²) in [6.45, 7) is 5.58. The predicted octanol–water partition coefficient (Wildman–Crippen LogP) is 2.86. The lowest BCUT2D eigenvalue weighted by atomic mass is 10.1. The van der Waals surface area contributed by atoms with Gasteiger partial charge in [-0.3, -0.25) is 4.55 Å². The van der Waals surface area contributed by atoms with Crippen LogP contribution >= 0.6 is 0 Å². The Labute approximate surface area is 171 Å². The van der Waals surface area contributed by atoms with Crippen molar-refractivity contribution in [3.05, 3.63) is 35.9 Å². The second-order valence-electron chi connectivity index (χ2n) is 7.55. The number of hydrogen-bond donors (Lipinski definition) is 3. The summed E-state index contributed by atoms with van der Waals surface area (Å²) in [6.07, 6.45) is -0.368. The number of rotatable bonds is 10. The normalized spacial score (nSPS) is 12.7. The number of benzene rings is 1. The highest BCUT2D eigenvalue weighted by Crippen LogP contribution is 2.09. The van der Waals surface area contributed by atoms with Gasteiger partial charge in [-0.2, -0.15) is 8.42 Å². The maximum absolute atomic E-state index is 11.9. The topological polar surface area (TPSA) is 131 Å². The summed E-state index contributed by atoms with van der Waals surface area (Å²) >= 11 is 0. The smallest absolute Gasteiger partial charge is 0.407 e. The largest absolute Gasteiger partial charge is 0.445 e. The minimum Gasteiger partial charge on any atom is -0.445 e. The Morgan fingerprint density at radius 2 is 1.76 bits per heavy atom. The first-order valence-corrected chi connectivity index (χ1v) is 10.9. The van der Waals surface area contributed by atoms with Crippen LogP contribution in [0.1, 0.15) is 45.6 Å². The third-order valence-corrected chi connectivity index (χ3v) is 4.41. The van der Waals surface area contributed by atoms with E-state index < -0.39 is 39.7 Å². The molecule has 0 spiro atoms. The van der Waals surface area contributed by atoms with Crippen LogP contribution in [0.25, 0.3) is 0 Å². The minimum atomic E-state index is -4.15. The molecule has 2 amide bonds. The summed E-state index contributed by atoms with van der Waals surface area (Å²) in [5.41, 5.74) is 0.177. The molecular formula is C19H30N2O7S. The summed E-state index contributed by atoms with van der Waals surface area (Å²) in [7, 11) is -4.15. The molecule has 29 heavy (non-hydrogen) atoms. The SMILES string of the molecule is CC(C)(C)OC(=O)N[C@@H](CCCNC(=O)OCc1ccccc1)CCS(=O)(=O)O. The second kappa shape index (κ2) is 11.6. The molecule has 0 bridgehead atoms. The van der Waals surface area contributed by atoms with E-state index >= 15 is 0 Å². The van der Waals surface area contributed by atoms with Gasteiger partial charge in [0.15, 0.2) is 0 Å². The van der Waals surface area contributed by atoms with Crippen molar-refractivity contribution in [1.29, 1.82) is 0 Å². The number of carbonyl (C=O) groups excluding carboxylic acids is 2. The van der Waals surface area contributed by atoms with Gasteiger partial charge < -0.3 is 20.1 Å². The van der Waals surface area contributed by atoms with Crippen molar-refractivity contribution in [2.45, 2.75) is 58.3 Å². The fraction of sp³-hybridized carbons (Fsp3) is 0.579. The molecule has 0 aliphatic carbocycles. The molecule has 164 valence electrons. The van der Waals surface area contributed by atoms with Crippen LogP contribution in [0.15, 0.2) is 30.3 Å². The molecule has 0 aromatic heterocycles. The zero-order valence-corrected chi connectivity index (χ0v) is 17.8. The molecule has 1 aromatic rings. The number of hydrogen-bond acceptors (Lipinski definition) is 6. The van der Waals surface area contributed by atoms with E-state index in [0.717, 1.165) is 5.56 Å². The highest BCUT2D eigenvalue weighted by Gasteiger charge is 2.20. The van der Waals surface area contributed by atoms with Gasteiger partial charge in [0.1, 0.15) is 12.2 Å². The first-order chi connectivity index (χ1) is 13.4. The lowest BCUT2D eigenvalue weighted by Crippen LogP contribution is -2.40. The molecule has 1 atom stereocenters. The highest BCUT2D eigenvalue weighted by molar-refractivity contribution is 7.85. The van der Waals surface area contributed by atoms with Crippen molar-refractivity contribution in [1.82, 2.24) is 10.6 Å². The molecule has 9 nitrogen and oxygen atoms in total. The first-order valence-electron chi connectivity index (χ1n) is 9.34. The van der Waals surface area contributed by atoms with Crippen LogP contribution in [0.4, 0.5) is 9.59 Å². The van der Waals surface area contributed by atoms with E-state index in [0.29, 0.717) is 12.8 Å². The van der Waals surface area contributed by atoms with E-state index in [9.17, 15) is 18.0 Å². The lowest BCUT2D eigenvalue weighted by molar-refractivity contribution is 0.0499. The van der Waals surface area contributed by atoms with Gasteiger partial charge in [-0.05, 0) is 45.6 Å². The van der Waals surface area contributed by atoms with Crippen molar-refractivity contribution in [2.75, 3.05) is 12.3 Å². The standard InChI is InChI=1S/C19H30N2O7S/c1-19(2,3)28-18(23)21-16(11-13-29(24,25)26)10-7-12-20-17(22)27-14-15-8-5-4-6-9-15/h4-6,8-9,16H,7,10-14H2,1-3H3,(H,20,22)(H,21,23)(H,24,25,26)/t16-/m0/s1. The average Bonchev–Trinajstić information content (AvgIpc) is 2.60. The molecule has 0 aliphatic rings. The summed E-state index contributed by atoms with van der Waals surface area (Å²) in [5.74, 6) is -0.486. The van der Waals surface area contributed by atoms with E-state index in [1.807, 2.05) is 30.3 Å². The number of nitrogens with one attached hydrogen (secondary N) is 2. The number of ether oxygens (including phenoxy) is 2. The van der Waals surface area contributed by atoms with Gasteiger partial charge in [0.05, 0.1) is 5.75 Å². The number of amides is 2. The van der Waals surface area contributed by atoms with E-state index in [1.54, 1.807) is 20.8 Å². The van der Waals surface area contributed by atoms with Gasteiger partial charge in [-0.25, -0.2) is 9.59 Å². The number of alkyl carbamates (subject to hydrolysis) is 2. The number of carbonyl (C=O) groups is 2. The highest BCUT2D eigenvalue weighted by atomic mass is 32.2. The summed E-state index contributed by atoms with van der Waals surface area (Å²) in [6, 6.07) is 8.72. The van der Waals surface area contributed by atoms with Crippen molar-refractivity contribution in [2.24, 2.45) is 0 Å². The zero-order chi connectivity index (χ0) is 21.9. The fourth-order valence-corrected chi connectivity index (χ4v) is 2.95. The van der Waals surface area contributed by atoms with Gasteiger partial charge in [0.2, 0.25) is 0 Å². The molecule has 0 aliphatic heterocycles. The predicted molar refractivity (Wildman–Crippen MR) is 108 cm³/mol. The lowest BCUT2D eigenvalue weighted by Gasteiger charge is -2.23. The second-order valence-corrected chi connectivity index (χ2v) is 9.12. The fourth-order valence-electron chi connectivity index (χ4n) is 2.37. The van der Waals surface area contributed by atoms with Crippen LogP contribution in [0.2, 0.25) is 0 Å². The Morgan fingerprint density at radius 3 is 2.34 bits per heavy atom. The molecule has 3 N–H and O–H groups in total. The maximum Gasteiger partial charge on any atom is 0.407 e. The van der Waals surface area contributed by atoms with Crippen LogP contribution in [-0.2, 0) is 26.2 Å². The first kappa shape index (κ1) is 24.7. The third kappa shape index (κ3) is 13.5. The van der Waals surface area contributed by atoms with E-state index in [1.165, 1.54) is 0 Å². The minimum absolute atomic E-state index is 0.0243. The van der Waals surface area contributed by atoms with Crippen LogP contribution in [0.3, 0.4) is 0 Å². The molecule has 0 fully saturated rings. The van der Waals surface area contributed by atoms with Crippen molar-refractivity contribution < 1.29 is 32.0 Å². The van der Waals surface area contributed by atoms with E-state index in [4.69, 9.17) is 14.0 Å². The zero-order valence-electron chi connectivity index (χ0n) is 17.0. The summed E-state index contributed by atoms with van der Waals surface area (Å²) in [4.78, 5) is 23.6. The van der Waals surface area contributed by atoms with Gasteiger partial charge in [-0.15, -0.1) is 0 Å². The Balaban J connectivity index is 2.39. The molecule has 0 saturated carbocycles. The van der Waals surface area contributed by atoms with Gasteiger partial charge in [0.25, 0.3) is 10.1 Å². The Hall–Kier alpha value is -2.33. The Bertz CT molecular complexity index is 746. The van der Waals surface area contributed by atoms with E-state index in [-0.39, 0.29) is 19.6 Å². The van der Waals surface area contributed by atoms with Crippen molar-refractivity contribution in [3.63, 3.8) is 0 Å². The molecule has 1 rings (SSSR count). The van der Waals surface area contributed by atoms with Crippen LogP contribution in [0, 0.1) is 0 Å². The molecule has 0 saturated heterocycles. The summed E-state index contributed by atoms with van der Waals surface area (Å²) in [5, 5.41) is 5.20. The van der Waals surface area contributed by atoms with Crippen LogP contribution < -0.4 is 10.6 Å². The Kier molecular flexibility index (Phi) is 9.90. The molecule has 0 heterocycles. The molecule has 0 unspecified atom stereocenters. The Morgan fingerprint density at radius 1 is 1.10 bits per heavy atom. The molecule has 1 aromatic carbocycles. The van der Waals surface area contributed by atoms with Crippen LogP contribution in [0.5, 0.6) is 0 Å². The average molecular weight is 431 g/mol. The van der Waals surface area contributed by atoms with Crippen molar-refractivity contribution in [3.8, 4) is 0 Å². The molecule has 0 radical (unpaired) electrons. The molecular weight excluding hydrogens is 400 g/mol. The quantitative estimate of drug-likeness (QED) is 0.384. The van der Waals surface area contributed by atoms with Crippen LogP contribution in [-0.4, -0.2) is 49.1 Å². The third-order valence-electron chi connectivity index (χ3n) is 3.66. The van der Waals surface area contributed by atoms with Gasteiger partial charge >= 0.3 is 12.2 Å². The van der Waals surface area contributed by atoms with Crippen molar-refractivity contribution >= 4 is 22.3 Å². The monoisotopic (exact) mass is 430 g/mol. The molecule has 10 heteroatoms. The van der Waals surface area contributed by atoms with Gasteiger partial charge in [-0.1, -0.05) is 30.3 Å². The van der Waals surface area contributed by atoms with E-state index in [2.05, 4.69) is 10.6 Å². The summed E-state index contributed by atoms with van der Waals surface area (Å²) < 4.78 is 41.2. The van der Waals surface area contributed by atoms with Gasteiger partial charge in [0, 0.05) is 12.6 Å². The maximum atomic E-state index is 11.9.